The summed E-state index contributed by atoms with van der Waals surface area (Å²) in [4.78, 5) is 12.3. The molecule has 1 N–H and O–H groups in total. The molecule has 0 spiro atoms. The van der Waals surface area contributed by atoms with E-state index in [1.807, 2.05) is 20.8 Å². The molecular formula is C13H19ClN2O3S. The fraction of sp³-hybridized carbons (Fsp3) is 0.615. The van der Waals surface area contributed by atoms with E-state index in [0.29, 0.717) is 5.69 Å². The Morgan fingerprint density at radius 1 is 1.50 bits per heavy atom. The molecule has 0 radical (unpaired) electrons. The summed E-state index contributed by atoms with van der Waals surface area (Å²) in [7, 11) is 1.54. The number of nitrogens with one attached hydrogen (secondary N) is 1. The van der Waals surface area contributed by atoms with Crippen LogP contribution in [-0.2, 0) is 9.05 Å². The summed E-state index contributed by atoms with van der Waals surface area (Å²) in [6.07, 6.45) is 4.14. The molecule has 0 atom stereocenters. The van der Waals surface area contributed by atoms with Crippen molar-refractivity contribution in [3.63, 3.8) is 0 Å². The first-order valence-electron chi connectivity index (χ1n) is 6.63. The van der Waals surface area contributed by atoms with E-state index in [9.17, 15) is 13.2 Å². The van der Waals surface area contributed by atoms with Crippen molar-refractivity contribution in [3.05, 3.63) is 18.0 Å². The highest BCUT2D eigenvalue weighted by atomic mass is 35.7. The smallest absolute Gasteiger partial charge is 0.268 e. The molecule has 0 aromatic carbocycles. The van der Waals surface area contributed by atoms with Crippen LogP contribution in [0.15, 0.2) is 17.2 Å². The predicted molar refractivity (Wildman–Crippen MR) is 77.6 cm³/mol. The van der Waals surface area contributed by atoms with Gasteiger partial charge in [0.25, 0.3) is 15.0 Å². The van der Waals surface area contributed by atoms with Gasteiger partial charge in [0.1, 0.15) is 10.6 Å². The van der Waals surface area contributed by atoms with Crippen molar-refractivity contribution < 1.29 is 13.2 Å². The van der Waals surface area contributed by atoms with Crippen molar-refractivity contribution in [1.29, 1.82) is 0 Å². The normalized spacial score (nSPS) is 16.2. The third kappa shape index (κ3) is 3.35. The van der Waals surface area contributed by atoms with Gasteiger partial charge in [-0.25, -0.2) is 8.42 Å². The molecule has 2 rings (SSSR count). The summed E-state index contributed by atoms with van der Waals surface area (Å²) in [6, 6.07) is 1.55. The van der Waals surface area contributed by atoms with Gasteiger partial charge in [-0.3, -0.25) is 4.79 Å². The number of carbonyl (C=O) groups excluding carboxylic acids is 1. The van der Waals surface area contributed by atoms with E-state index < -0.39 is 9.05 Å². The van der Waals surface area contributed by atoms with Crippen molar-refractivity contribution in [2.45, 2.75) is 56.5 Å². The maximum Gasteiger partial charge on any atom is 0.268 e. The Kier molecular flexibility index (Phi) is 3.90. The first-order chi connectivity index (χ1) is 9.14. The molecule has 112 valence electrons. The van der Waals surface area contributed by atoms with Gasteiger partial charge in [0.15, 0.2) is 0 Å². The zero-order valence-electron chi connectivity index (χ0n) is 11.8. The summed E-state index contributed by atoms with van der Waals surface area (Å²) in [6.45, 7) is 5.83. The molecule has 5 nitrogen and oxygen atoms in total. The van der Waals surface area contributed by atoms with Crippen molar-refractivity contribution >= 4 is 25.6 Å². The Hall–Kier alpha value is -1.01. The number of hydrogen-bond acceptors (Lipinski definition) is 3. The SMILES string of the molecule is CCC(C)(C)NC(=O)c1cc(S(=O)(=O)Cl)cn1C1CC1. The van der Waals surface area contributed by atoms with Crippen LogP contribution >= 0.6 is 10.7 Å². The standard InChI is InChI=1S/C13H19ClN2O3S/c1-4-13(2,3)15-12(17)11-7-10(20(14,18)19)8-16(11)9-5-6-9/h7-9H,4-6H2,1-3H3,(H,15,17). The molecule has 20 heavy (non-hydrogen) atoms. The fourth-order valence-electron chi connectivity index (χ4n) is 1.88. The average molecular weight is 319 g/mol. The molecule has 1 heterocycles. The molecule has 1 aromatic heterocycles. The van der Waals surface area contributed by atoms with Crippen LogP contribution in [-0.4, -0.2) is 24.4 Å². The highest BCUT2D eigenvalue weighted by Gasteiger charge is 2.31. The number of halogens is 1. The Labute approximate surface area is 123 Å². The molecule has 1 aliphatic carbocycles. The zero-order valence-corrected chi connectivity index (χ0v) is 13.4. The second-order valence-electron chi connectivity index (χ2n) is 5.83. The molecule has 0 unspecified atom stereocenters. The van der Waals surface area contributed by atoms with Crippen LogP contribution in [0, 0.1) is 0 Å². The average Bonchev–Trinajstić information content (AvgIpc) is 3.05. The maximum atomic E-state index is 12.3. The molecule has 0 aliphatic heterocycles. The van der Waals surface area contributed by atoms with Gasteiger partial charge in [-0.1, -0.05) is 6.92 Å². The minimum atomic E-state index is -3.82. The predicted octanol–water partition coefficient (Wildman–Crippen LogP) is 2.67. The molecule has 1 aromatic rings. The Balaban J connectivity index is 2.35. The molecular weight excluding hydrogens is 300 g/mol. The summed E-state index contributed by atoms with van der Waals surface area (Å²) in [5.41, 5.74) is 0.0173. The summed E-state index contributed by atoms with van der Waals surface area (Å²) < 4.78 is 24.6. The van der Waals surface area contributed by atoms with E-state index >= 15 is 0 Å². The van der Waals surface area contributed by atoms with Crippen LogP contribution in [0.3, 0.4) is 0 Å². The van der Waals surface area contributed by atoms with Crippen molar-refractivity contribution in [1.82, 2.24) is 9.88 Å². The molecule has 1 saturated carbocycles. The molecule has 1 amide bonds. The van der Waals surface area contributed by atoms with Gasteiger partial charge in [-0.05, 0) is 39.2 Å². The lowest BCUT2D eigenvalue weighted by atomic mass is 10.0. The van der Waals surface area contributed by atoms with E-state index in [1.54, 1.807) is 4.57 Å². The van der Waals surface area contributed by atoms with Crippen LogP contribution in [0.4, 0.5) is 0 Å². The summed E-state index contributed by atoms with van der Waals surface area (Å²) in [5, 5.41) is 2.91. The zero-order chi connectivity index (χ0) is 15.1. The molecule has 0 saturated heterocycles. The van der Waals surface area contributed by atoms with Crippen molar-refractivity contribution in [3.8, 4) is 0 Å². The molecule has 0 bridgehead atoms. The van der Waals surface area contributed by atoms with Crippen LogP contribution < -0.4 is 5.32 Å². The fourth-order valence-corrected chi connectivity index (χ4v) is 2.63. The second kappa shape index (κ2) is 5.07. The lowest BCUT2D eigenvalue weighted by Gasteiger charge is -2.24. The highest BCUT2D eigenvalue weighted by Crippen LogP contribution is 2.37. The number of hydrogen-bond donors (Lipinski definition) is 1. The number of carbonyl (C=O) groups is 1. The van der Waals surface area contributed by atoms with E-state index in [2.05, 4.69) is 5.32 Å². The molecule has 7 heteroatoms. The monoisotopic (exact) mass is 318 g/mol. The first kappa shape index (κ1) is 15.4. The lowest BCUT2D eigenvalue weighted by molar-refractivity contribution is 0.0901. The number of nitrogens with zero attached hydrogens (tertiary/aromatic N) is 1. The Bertz CT molecular complexity index is 630. The summed E-state index contributed by atoms with van der Waals surface area (Å²) in [5.74, 6) is -0.268. The van der Waals surface area contributed by atoms with Crippen LogP contribution in [0.2, 0.25) is 0 Å². The van der Waals surface area contributed by atoms with Gasteiger partial charge in [0.2, 0.25) is 0 Å². The lowest BCUT2D eigenvalue weighted by Crippen LogP contribution is -2.43. The first-order valence-corrected chi connectivity index (χ1v) is 8.94. The van der Waals surface area contributed by atoms with E-state index in [4.69, 9.17) is 10.7 Å². The van der Waals surface area contributed by atoms with E-state index in [0.717, 1.165) is 19.3 Å². The number of aromatic nitrogens is 1. The summed E-state index contributed by atoms with van der Waals surface area (Å²) >= 11 is 0. The van der Waals surface area contributed by atoms with Crippen molar-refractivity contribution in [2.75, 3.05) is 0 Å². The number of rotatable bonds is 5. The van der Waals surface area contributed by atoms with Gasteiger partial charge >= 0.3 is 0 Å². The van der Waals surface area contributed by atoms with E-state index in [1.165, 1.54) is 12.3 Å². The third-order valence-corrected chi connectivity index (χ3v) is 4.93. The topological polar surface area (TPSA) is 68.2 Å². The van der Waals surface area contributed by atoms with Crippen molar-refractivity contribution in [2.24, 2.45) is 0 Å². The molecule has 1 aliphatic rings. The van der Waals surface area contributed by atoms with Crippen LogP contribution in [0.25, 0.3) is 0 Å². The third-order valence-electron chi connectivity index (χ3n) is 3.61. The maximum absolute atomic E-state index is 12.3. The number of amides is 1. The minimum Gasteiger partial charge on any atom is -0.346 e. The van der Waals surface area contributed by atoms with Crippen LogP contribution in [0.1, 0.15) is 56.6 Å². The van der Waals surface area contributed by atoms with Gasteiger partial charge in [-0.15, -0.1) is 0 Å². The Morgan fingerprint density at radius 3 is 2.55 bits per heavy atom. The molecule has 1 fully saturated rings. The van der Waals surface area contributed by atoms with Gasteiger partial charge < -0.3 is 9.88 Å². The quantitative estimate of drug-likeness (QED) is 0.849. The highest BCUT2D eigenvalue weighted by molar-refractivity contribution is 8.13. The second-order valence-corrected chi connectivity index (χ2v) is 8.39. The van der Waals surface area contributed by atoms with Gasteiger partial charge in [-0.2, -0.15) is 0 Å². The van der Waals surface area contributed by atoms with E-state index in [-0.39, 0.29) is 22.4 Å². The Morgan fingerprint density at radius 2 is 2.10 bits per heavy atom. The van der Waals surface area contributed by atoms with Crippen LogP contribution in [0.5, 0.6) is 0 Å². The van der Waals surface area contributed by atoms with Gasteiger partial charge in [0, 0.05) is 28.5 Å². The largest absolute Gasteiger partial charge is 0.346 e. The minimum absolute atomic E-state index is 0.0227. The van der Waals surface area contributed by atoms with Gasteiger partial charge in [0.05, 0.1) is 0 Å².